The van der Waals surface area contributed by atoms with E-state index in [9.17, 15) is 9.32 Å². The summed E-state index contributed by atoms with van der Waals surface area (Å²) in [5.41, 5.74) is 1.96. The molecule has 1 aromatic carbocycles. The first-order valence-corrected chi connectivity index (χ1v) is 13.8. The molecular formula is C25H31ClN4O2S. The van der Waals surface area contributed by atoms with E-state index in [1.165, 1.54) is 5.56 Å². The van der Waals surface area contributed by atoms with Crippen molar-refractivity contribution in [2.75, 3.05) is 29.9 Å². The van der Waals surface area contributed by atoms with Crippen molar-refractivity contribution < 1.29 is 9.32 Å². The lowest BCUT2D eigenvalue weighted by Crippen LogP contribution is -2.48. The Kier molecular flexibility index (Phi) is 5.42. The second kappa shape index (κ2) is 8.21. The normalized spacial score (nSPS) is 27.0. The lowest BCUT2D eigenvalue weighted by molar-refractivity contribution is 0.143. The van der Waals surface area contributed by atoms with Gasteiger partial charge in [0.25, 0.3) is 0 Å². The number of anilines is 2. The van der Waals surface area contributed by atoms with E-state index in [1.54, 1.807) is 0 Å². The number of hydrogen-bond donors (Lipinski definition) is 2. The molecular weight excluding hydrogens is 456 g/mol. The Hall–Kier alpha value is -1.70. The number of aliphatic hydroxyl groups is 1. The molecule has 0 radical (unpaired) electrons. The van der Waals surface area contributed by atoms with E-state index in [2.05, 4.69) is 22.3 Å². The van der Waals surface area contributed by atoms with Crippen molar-refractivity contribution in [3.63, 3.8) is 0 Å². The third-order valence-electron chi connectivity index (χ3n) is 8.15. The average Bonchev–Trinajstić information content (AvgIpc) is 3.55. The predicted molar refractivity (Wildman–Crippen MR) is 132 cm³/mol. The van der Waals surface area contributed by atoms with Crippen LogP contribution < -0.4 is 10.2 Å². The monoisotopic (exact) mass is 486 g/mol. The third-order valence-corrected chi connectivity index (χ3v) is 10.5. The predicted octanol–water partition coefficient (Wildman–Crippen LogP) is 4.43. The van der Waals surface area contributed by atoms with Gasteiger partial charge in [-0.25, -0.2) is 4.98 Å². The molecule has 6 nitrogen and oxygen atoms in total. The molecule has 1 saturated heterocycles. The number of rotatable bonds is 5. The molecule has 6 rings (SSSR count). The van der Waals surface area contributed by atoms with Crippen LogP contribution in [0.25, 0.3) is 0 Å². The highest BCUT2D eigenvalue weighted by Crippen LogP contribution is 2.54. The second-order valence-corrected chi connectivity index (χ2v) is 12.6. The molecule has 1 spiro atoms. The minimum Gasteiger partial charge on any atom is -0.394 e. The number of halogens is 1. The fourth-order valence-electron chi connectivity index (χ4n) is 5.66. The second-order valence-electron chi connectivity index (χ2n) is 10.4. The first-order valence-electron chi connectivity index (χ1n) is 12.2. The van der Waals surface area contributed by atoms with Gasteiger partial charge in [-0.15, -0.1) is 0 Å². The summed E-state index contributed by atoms with van der Waals surface area (Å²) < 4.78 is 13.2. The molecule has 176 valence electrons. The van der Waals surface area contributed by atoms with E-state index < -0.39 is 10.8 Å². The Bertz CT molecular complexity index is 1080. The van der Waals surface area contributed by atoms with Crippen molar-refractivity contribution in [3.8, 4) is 0 Å². The van der Waals surface area contributed by atoms with Gasteiger partial charge >= 0.3 is 0 Å². The summed E-state index contributed by atoms with van der Waals surface area (Å²) in [6, 6.07) is 8.25. The molecule has 33 heavy (non-hydrogen) atoms. The lowest BCUT2D eigenvalue weighted by atomic mass is 9.77. The van der Waals surface area contributed by atoms with E-state index in [1.807, 2.05) is 12.1 Å². The molecule has 2 aliphatic carbocycles. The quantitative estimate of drug-likeness (QED) is 0.651. The fourth-order valence-corrected chi connectivity index (χ4v) is 7.56. The molecule has 0 bridgehead atoms. The molecule has 4 aliphatic rings. The van der Waals surface area contributed by atoms with E-state index in [0.29, 0.717) is 11.7 Å². The van der Waals surface area contributed by atoms with E-state index >= 15 is 0 Å². The maximum Gasteiger partial charge on any atom is 0.227 e. The van der Waals surface area contributed by atoms with E-state index in [4.69, 9.17) is 21.6 Å². The Balaban J connectivity index is 1.29. The van der Waals surface area contributed by atoms with Crippen LogP contribution in [0.2, 0.25) is 5.02 Å². The van der Waals surface area contributed by atoms with Crippen molar-refractivity contribution in [1.29, 1.82) is 0 Å². The van der Waals surface area contributed by atoms with Crippen LogP contribution in [-0.4, -0.2) is 49.3 Å². The topological polar surface area (TPSA) is 78.4 Å². The molecule has 3 heterocycles. The van der Waals surface area contributed by atoms with Crippen molar-refractivity contribution in [2.24, 2.45) is 0 Å². The molecule has 0 amide bonds. The van der Waals surface area contributed by atoms with Crippen LogP contribution in [0.1, 0.15) is 68.5 Å². The largest absolute Gasteiger partial charge is 0.394 e. The number of hydrogen-bond acceptors (Lipinski definition) is 6. The number of fused-ring (bicyclic) bond motifs is 1. The molecule has 2 saturated carbocycles. The number of aliphatic hydroxyl groups excluding tert-OH is 1. The van der Waals surface area contributed by atoms with Gasteiger partial charge in [-0.05, 0) is 75.0 Å². The minimum atomic E-state index is -1.07. The number of benzene rings is 1. The lowest BCUT2D eigenvalue weighted by Gasteiger charge is -2.41. The molecule has 2 N–H and O–H groups in total. The average molecular weight is 487 g/mol. The summed E-state index contributed by atoms with van der Waals surface area (Å²) in [7, 11) is -1.07. The Morgan fingerprint density at radius 3 is 2.55 bits per heavy atom. The fraction of sp³-hybridized carbons (Fsp3) is 0.600. The summed E-state index contributed by atoms with van der Waals surface area (Å²) in [4.78, 5) is 13.0. The van der Waals surface area contributed by atoms with Gasteiger partial charge in [0.1, 0.15) is 10.7 Å². The zero-order valence-corrected chi connectivity index (χ0v) is 20.4. The molecule has 2 atom stereocenters. The highest BCUT2D eigenvalue weighted by molar-refractivity contribution is 7.87. The van der Waals surface area contributed by atoms with Gasteiger partial charge in [0.2, 0.25) is 5.95 Å². The highest BCUT2D eigenvalue weighted by Gasteiger charge is 2.56. The van der Waals surface area contributed by atoms with E-state index in [-0.39, 0.29) is 16.9 Å². The van der Waals surface area contributed by atoms with Crippen molar-refractivity contribution in [1.82, 2.24) is 9.97 Å². The first kappa shape index (κ1) is 21.8. The Morgan fingerprint density at radius 1 is 1.09 bits per heavy atom. The zero-order chi connectivity index (χ0) is 22.6. The summed E-state index contributed by atoms with van der Waals surface area (Å²) in [5.74, 6) is 1.95. The van der Waals surface area contributed by atoms with Crippen molar-refractivity contribution in [3.05, 3.63) is 40.5 Å². The Labute approximate surface area is 202 Å². The number of nitrogens with zero attached hydrogens (tertiary/aromatic N) is 3. The van der Waals surface area contributed by atoms with Gasteiger partial charge in [0.05, 0.1) is 33.4 Å². The molecule has 3 fully saturated rings. The van der Waals surface area contributed by atoms with E-state index in [0.717, 1.165) is 92.4 Å². The SMILES string of the molecule is O=[S@]1c2c(nc(N3CCCC(c4ccc(Cl)cc4)CC3)nc2NC2(CO)CCC2)CC12CC2. The minimum absolute atomic E-state index is 0.0748. The zero-order valence-electron chi connectivity index (χ0n) is 18.9. The first-order chi connectivity index (χ1) is 16.0. The molecule has 2 aliphatic heterocycles. The van der Waals surface area contributed by atoms with Gasteiger partial charge in [0.15, 0.2) is 0 Å². The van der Waals surface area contributed by atoms with Crippen LogP contribution in [0.4, 0.5) is 11.8 Å². The van der Waals surface area contributed by atoms with Crippen LogP contribution >= 0.6 is 11.6 Å². The summed E-state index contributed by atoms with van der Waals surface area (Å²) in [6.07, 6.45) is 8.98. The molecule has 2 aromatic rings. The highest BCUT2D eigenvalue weighted by atomic mass is 35.5. The van der Waals surface area contributed by atoms with Gasteiger partial charge < -0.3 is 15.3 Å². The van der Waals surface area contributed by atoms with Crippen LogP contribution in [0.15, 0.2) is 29.2 Å². The third kappa shape index (κ3) is 3.86. The van der Waals surface area contributed by atoms with Gasteiger partial charge in [-0.2, -0.15) is 4.98 Å². The van der Waals surface area contributed by atoms with Crippen molar-refractivity contribution in [2.45, 2.75) is 78.9 Å². The standard InChI is InChI=1S/C25H31ClN4O2S/c26-19-6-4-18(5-7-19)17-3-1-13-30(14-8-17)23-27-20-15-25(11-12-25)33(32)21(20)22(28-23)29-24(16-31)9-2-10-24/h4-7,17,31H,1-3,8-16H2,(H,27,28,29)/t17?,33-/m0/s1. The van der Waals surface area contributed by atoms with Crippen LogP contribution in [0.3, 0.4) is 0 Å². The smallest absolute Gasteiger partial charge is 0.227 e. The van der Waals surface area contributed by atoms with Crippen LogP contribution in [0.5, 0.6) is 0 Å². The summed E-state index contributed by atoms with van der Waals surface area (Å²) >= 11 is 6.08. The molecule has 8 heteroatoms. The van der Waals surface area contributed by atoms with Crippen molar-refractivity contribution >= 4 is 34.2 Å². The van der Waals surface area contributed by atoms with Gasteiger partial charge in [-0.3, -0.25) is 4.21 Å². The summed E-state index contributed by atoms with van der Waals surface area (Å²) in [5, 5.41) is 14.4. The molecule has 1 unspecified atom stereocenters. The maximum atomic E-state index is 13.4. The van der Waals surface area contributed by atoms with Crippen LogP contribution in [0, 0.1) is 0 Å². The Morgan fingerprint density at radius 2 is 1.88 bits per heavy atom. The molecule has 1 aromatic heterocycles. The van der Waals surface area contributed by atoms with Gasteiger partial charge in [0, 0.05) is 24.5 Å². The van der Waals surface area contributed by atoms with Crippen LogP contribution in [-0.2, 0) is 17.2 Å². The number of aromatic nitrogens is 2. The summed E-state index contributed by atoms with van der Waals surface area (Å²) in [6.45, 7) is 1.89. The number of nitrogens with one attached hydrogen (secondary N) is 1. The van der Waals surface area contributed by atoms with Gasteiger partial charge in [-0.1, -0.05) is 23.7 Å². The maximum absolute atomic E-state index is 13.4.